The van der Waals surface area contributed by atoms with E-state index in [9.17, 15) is 4.21 Å². The van der Waals surface area contributed by atoms with Gasteiger partial charge in [0.05, 0.1) is 6.20 Å². The molecular formula is C12H18ClN5OS. The summed E-state index contributed by atoms with van der Waals surface area (Å²) >= 11 is 4.71. The standard InChI is InChI=1S/C12H18ClN5OS/c1-3-17-18(9-6-4-5-7-9)11-10(16(2)20(17)19)8-14-12(13)15-11/h8-9H,3-7H2,1-2H3. The van der Waals surface area contributed by atoms with Crippen LogP contribution in [0, 0.1) is 0 Å². The van der Waals surface area contributed by atoms with Gasteiger partial charge < -0.3 is 0 Å². The van der Waals surface area contributed by atoms with Crippen molar-refractivity contribution in [1.82, 2.24) is 14.4 Å². The molecular weight excluding hydrogens is 298 g/mol. The van der Waals surface area contributed by atoms with E-state index >= 15 is 0 Å². The lowest BCUT2D eigenvalue weighted by Crippen LogP contribution is -2.56. The molecule has 8 heteroatoms. The van der Waals surface area contributed by atoms with E-state index in [1.54, 1.807) is 17.5 Å². The Balaban J connectivity index is 2.11. The minimum Gasteiger partial charge on any atom is -0.275 e. The highest BCUT2D eigenvalue weighted by Gasteiger charge is 2.39. The van der Waals surface area contributed by atoms with Gasteiger partial charge in [0.15, 0.2) is 5.82 Å². The van der Waals surface area contributed by atoms with Crippen LogP contribution in [-0.4, -0.2) is 38.2 Å². The topological polar surface area (TPSA) is 52.6 Å². The number of hydrogen-bond donors (Lipinski definition) is 0. The van der Waals surface area contributed by atoms with Gasteiger partial charge in [-0.15, -0.1) is 4.41 Å². The maximum atomic E-state index is 12.6. The maximum Gasteiger partial charge on any atom is 0.224 e. The van der Waals surface area contributed by atoms with Crippen LogP contribution in [-0.2, 0) is 11.2 Å². The van der Waals surface area contributed by atoms with Gasteiger partial charge in [-0.25, -0.2) is 9.19 Å². The largest absolute Gasteiger partial charge is 0.275 e. The Bertz CT molecular complexity index is 537. The van der Waals surface area contributed by atoms with Crippen LogP contribution in [0.1, 0.15) is 32.6 Å². The Kier molecular flexibility index (Phi) is 3.83. The van der Waals surface area contributed by atoms with Gasteiger partial charge in [-0.3, -0.25) is 9.31 Å². The van der Waals surface area contributed by atoms with Gasteiger partial charge in [0.1, 0.15) is 5.69 Å². The molecule has 0 bridgehead atoms. The smallest absolute Gasteiger partial charge is 0.224 e. The summed E-state index contributed by atoms with van der Waals surface area (Å²) in [5.74, 6) is 0.765. The molecule has 0 radical (unpaired) electrons. The van der Waals surface area contributed by atoms with Crippen LogP contribution in [0.4, 0.5) is 11.5 Å². The van der Waals surface area contributed by atoms with Crippen molar-refractivity contribution in [3.8, 4) is 0 Å². The lowest BCUT2D eigenvalue weighted by Gasteiger charge is -2.44. The van der Waals surface area contributed by atoms with E-state index in [1.807, 2.05) is 11.3 Å². The molecule has 6 nitrogen and oxygen atoms in total. The molecule has 0 saturated heterocycles. The van der Waals surface area contributed by atoms with Crippen molar-refractivity contribution in [2.24, 2.45) is 0 Å². The minimum atomic E-state index is -1.25. The van der Waals surface area contributed by atoms with Crippen LogP contribution >= 0.6 is 11.6 Å². The fourth-order valence-electron chi connectivity index (χ4n) is 2.91. The van der Waals surface area contributed by atoms with Crippen LogP contribution in [0.2, 0.25) is 5.28 Å². The molecule has 20 heavy (non-hydrogen) atoms. The summed E-state index contributed by atoms with van der Waals surface area (Å²) in [6.07, 6.45) is 6.25. The van der Waals surface area contributed by atoms with Gasteiger partial charge in [-0.2, -0.15) is 4.98 Å². The summed E-state index contributed by atoms with van der Waals surface area (Å²) in [4.78, 5) is 8.41. The Hall–Kier alpha value is -0.920. The predicted molar refractivity (Wildman–Crippen MR) is 80.7 cm³/mol. The Labute approximate surface area is 126 Å². The zero-order valence-electron chi connectivity index (χ0n) is 11.6. The zero-order chi connectivity index (χ0) is 14.3. The van der Waals surface area contributed by atoms with Gasteiger partial charge in [0.2, 0.25) is 16.5 Å². The molecule has 110 valence electrons. The van der Waals surface area contributed by atoms with E-state index in [4.69, 9.17) is 11.6 Å². The van der Waals surface area contributed by atoms with Crippen LogP contribution in [0.3, 0.4) is 0 Å². The second-order valence-corrected chi connectivity index (χ2v) is 6.80. The quantitative estimate of drug-likeness (QED) is 0.785. The highest BCUT2D eigenvalue weighted by molar-refractivity contribution is 7.84. The fraction of sp³-hybridized carbons (Fsp3) is 0.667. The van der Waals surface area contributed by atoms with E-state index in [1.165, 1.54) is 12.8 Å². The molecule has 0 spiro atoms. The molecule has 1 fully saturated rings. The van der Waals surface area contributed by atoms with E-state index in [2.05, 4.69) is 15.0 Å². The molecule has 0 amide bonds. The lowest BCUT2D eigenvalue weighted by molar-refractivity contribution is 0.366. The average Bonchev–Trinajstić information content (AvgIpc) is 2.96. The van der Waals surface area contributed by atoms with Crippen LogP contribution in [0.15, 0.2) is 6.20 Å². The lowest BCUT2D eigenvalue weighted by atomic mass is 10.2. The summed E-state index contributed by atoms with van der Waals surface area (Å²) in [7, 11) is 1.79. The van der Waals surface area contributed by atoms with Crippen LogP contribution in [0.5, 0.6) is 0 Å². The Morgan fingerprint density at radius 1 is 1.45 bits per heavy atom. The summed E-state index contributed by atoms with van der Waals surface area (Å²) in [6, 6.07) is 0.345. The van der Waals surface area contributed by atoms with Crippen molar-refractivity contribution in [3.05, 3.63) is 11.5 Å². The number of aromatic nitrogens is 2. The van der Waals surface area contributed by atoms with Gasteiger partial charge in [-0.05, 0) is 31.4 Å². The number of hydrogen-bond acceptors (Lipinski definition) is 4. The van der Waals surface area contributed by atoms with E-state index in [0.717, 1.165) is 24.3 Å². The number of anilines is 2. The molecule has 0 aromatic carbocycles. The monoisotopic (exact) mass is 315 g/mol. The highest BCUT2D eigenvalue weighted by Crippen LogP contribution is 2.39. The van der Waals surface area contributed by atoms with Crippen molar-refractivity contribution in [1.29, 1.82) is 0 Å². The summed E-state index contributed by atoms with van der Waals surface area (Å²) in [5.41, 5.74) is 0.768. The number of rotatable bonds is 2. The molecule has 1 saturated carbocycles. The van der Waals surface area contributed by atoms with Crippen molar-refractivity contribution in [2.45, 2.75) is 38.6 Å². The molecule has 2 heterocycles. The highest BCUT2D eigenvalue weighted by atomic mass is 35.5. The first kappa shape index (κ1) is 14.0. The first-order valence-electron chi connectivity index (χ1n) is 6.88. The molecule has 0 N–H and O–H groups in total. The first-order chi connectivity index (χ1) is 9.63. The van der Waals surface area contributed by atoms with Crippen molar-refractivity contribution < 1.29 is 4.21 Å². The molecule has 2 aliphatic rings. The maximum absolute atomic E-state index is 12.6. The normalized spacial score (nSPS) is 24.2. The van der Waals surface area contributed by atoms with E-state index in [0.29, 0.717) is 12.6 Å². The van der Waals surface area contributed by atoms with Crippen molar-refractivity contribution in [2.75, 3.05) is 22.9 Å². The second kappa shape index (κ2) is 5.46. The third-order valence-corrected chi connectivity index (χ3v) is 5.51. The van der Waals surface area contributed by atoms with Crippen molar-refractivity contribution in [3.63, 3.8) is 0 Å². The molecule has 1 aliphatic carbocycles. The number of nitrogens with zero attached hydrogens (tertiary/aromatic N) is 5. The Morgan fingerprint density at radius 3 is 2.80 bits per heavy atom. The second-order valence-electron chi connectivity index (χ2n) is 5.03. The van der Waals surface area contributed by atoms with Crippen LogP contribution < -0.4 is 9.31 Å². The summed E-state index contributed by atoms with van der Waals surface area (Å²) in [6.45, 7) is 2.66. The van der Waals surface area contributed by atoms with Crippen LogP contribution in [0.25, 0.3) is 0 Å². The molecule has 1 aromatic heterocycles. The third kappa shape index (κ3) is 2.17. The minimum absolute atomic E-state index is 0.226. The number of halogens is 1. The molecule has 1 aromatic rings. The summed E-state index contributed by atoms with van der Waals surface area (Å²) < 4.78 is 16.2. The van der Waals surface area contributed by atoms with E-state index < -0.39 is 11.2 Å². The average molecular weight is 316 g/mol. The van der Waals surface area contributed by atoms with Gasteiger partial charge >= 0.3 is 0 Å². The predicted octanol–water partition coefficient (Wildman–Crippen LogP) is 2.14. The third-order valence-electron chi connectivity index (χ3n) is 3.87. The van der Waals surface area contributed by atoms with E-state index in [-0.39, 0.29) is 5.28 Å². The molecule has 1 unspecified atom stereocenters. The molecule has 1 aliphatic heterocycles. The first-order valence-corrected chi connectivity index (χ1v) is 8.32. The summed E-state index contributed by atoms with van der Waals surface area (Å²) in [5, 5.41) is 2.30. The SMILES string of the molecule is CCN1N(C2CCCC2)c2nc(Cl)ncc2N(C)S1=O. The van der Waals surface area contributed by atoms with Gasteiger partial charge in [-0.1, -0.05) is 12.8 Å². The van der Waals surface area contributed by atoms with Gasteiger partial charge in [0, 0.05) is 19.6 Å². The fourth-order valence-corrected chi connectivity index (χ4v) is 4.20. The molecule has 1 atom stereocenters. The van der Waals surface area contributed by atoms with Gasteiger partial charge in [0.25, 0.3) is 0 Å². The number of hydrazine groups is 1. The molecule has 3 rings (SSSR count). The zero-order valence-corrected chi connectivity index (χ0v) is 13.2. The van der Waals surface area contributed by atoms with Crippen molar-refractivity contribution >= 4 is 34.3 Å². The number of fused-ring (bicyclic) bond motifs is 1. The Morgan fingerprint density at radius 2 is 2.15 bits per heavy atom.